The lowest BCUT2D eigenvalue weighted by atomic mass is 9.64. The van der Waals surface area contributed by atoms with Crippen molar-refractivity contribution < 1.29 is 0 Å². The molecule has 98 valence electrons. The molecule has 1 saturated carbocycles. The van der Waals surface area contributed by atoms with E-state index in [-0.39, 0.29) is 5.41 Å². The van der Waals surface area contributed by atoms with Crippen molar-refractivity contribution in [1.29, 1.82) is 0 Å². The van der Waals surface area contributed by atoms with E-state index in [1.165, 1.54) is 36.1 Å². The molecule has 0 aromatic heterocycles. The van der Waals surface area contributed by atoms with Crippen molar-refractivity contribution in [2.24, 2.45) is 4.99 Å². The smallest absolute Gasteiger partial charge is 0.111 e. The van der Waals surface area contributed by atoms with Gasteiger partial charge in [0.05, 0.1) is 5.41 Å². The molecule has 19 heavy (non-hydrogen) atoms. The molecule has 2 aliphatic rings. The van der Waals surface area contributed by atoms with Gasteiger partial charge in [-0.1, -0.05) is 31.3 Å². The fraction of sp³-hybridized carbons (Fsp3) is 0.471. The second-order valence-corrected chi connectivity index (χ2v) is 5.50. The largest absolute Gasteiger partial charge is 0.343 e. The molecule has 0 amide bonds. The highest BCUT2D eigenvalue weighted by Gasteiger charge is 2.49. The van der Waals surface area contributed by atoms with Crippen LogP contribution in [0.25, 0.3) is 0 Å². The second kappa shape index (κ2) is 4.42. The maximum atomic E-state index is 4.47. The van der Waals surface area contributed by atoms with Crippen molar-refractivity contribution in [2.75, 3.05) is 12.4 Å². The molecule has 0 radical (unpaired) electrons. The number of fused-ring (bicyclic) bond motifs is 2. The summed E-state index contributed by atoms with van der Waals surface area (Å²) in [5.41, 5.74) is 5.25. The van der Waals surface area contributed by atoms with Gasteiger partial charge >= 0.3 is 0 Å². The minimum absolute atomic E-state index is 0.186. The average Bonchev–Trinajstić information content (AvgIpc) is 2.69. The summed E-state index contributed by atoms with van der Waals surface area (Å²) in [6, 6.07) is 4.52. The lowest BCUT2D eigenvalue weighted by Crippen LogP contribution is -2.41. The third kappa shape index (κ3) is 1.69. The molecule has 1 N–H and O–H groups in total. The Bertz CT molecular complexity index is 610. The van der Waals surface area contributed by atoms with Crippen molar-refractivity contribution in [3.63, 3.8) is 0 Å². The highest BCUT2D eigenvalue weighted by Crippen LogP contribution is 2.52. The van der Waals surface area contributed by atoms with Gasteiger partial charge in [0.15, 0.2) is 0 Å². The molecule has 2 heteroatoms. The van der Waals surface area contributed by atoms with Gasteiger partial charge in [0.2, 0.25) is 0 Å². The van der Waals surface area contributed by atoms with E-state index in [0.717, 1.165) is 17.8 Å². The monoisotopic (exact) mass is 252 g/mol. The first-order valence-corrected chi connectivity index (χ1v) is 7.09. The van der Waals surface area contributed by atoms with Crippen LogP contribution in [0.4, 0.5) is 5.69 Å². The minimum Gasteiger partial charge on any atom is -0.343 e. The lowest BCUT2D eigenvalue weighted by Gasteiger charge is -2.38. The van der Waals surface area contributed by atoms with Crippen molar-refractivity contribution in [3.05, 3.63) is 28.8 Å². The Hall–Kier alpha value is -1.75. The van der Waals surface area contributed by atoms with E-state index in [0.29, 0.717) is 0 Å². The standard InChI is InChI=1S/C17H20N2/c1-4-5-7-13-11-15-14(10-12(13)2)17(8-6-9-17)16(18-3)19-15/h10-11H,4,6,8-9H2,1-3H3,(H,18,19). The molecule has 3 rings (SSSR count). The number of nitrogens with one attached hydrogen (secondary N) is 1. The molecule has 0 unspecified atom stereocenters. The van der Waals surface area contributed by atoms with Gasteiger partial charge in [-0.05, 0) is 37.0 Å². The van der Waals surface area contributed by atoms with E-state index in [4.69, 9.17) is 0 Å². The van der Waals surface area contributed by atoms with Crippen LogP contribution in [0.15, 0.2) is 17.1 Å². The Morgan fingerprint density at radius 1 is 1.37 bits per heavy atom. The van der Waals surface area contributed by atoms with Gasteiger partial charge < -0.3 is 5.32 Å². The highest BCUT2D eigenvalue weighted by molar-refractivity contribution is 6.10. The molecule has 1 heterocycles. The van der Waals surface area contributed by atoms with Crippen LogP contribution in [0.2, 0.25) is 0 Å². The average molecular weight is 252 g/mol. The summed E-state index contributed by atoms with van der Waals surface area (Å²) in [4.78, 5) is 4.47. The molecule has 1 aromatic carbocycles. The van der Waals surface area contributed by atoms with E-state index in [1.54, 1.807) is 0 Å². The Kier molecular flexibility index (Phi) is 2.86. The van der Waals surface area contributed by atoms with Gasteiger partial charge in [0, 0.05) is 24.7 Å². The van der Waals surface area contributed by atoms with Gasteiger partial charge in [0.25, 0.3) is 0 Å². The van der Waals surface area contributed by atoms with Gasteiger partial charge in [-0.3, -0.25) is 4.99 Å². The second-order valence-electron chi connectivity index (χ2n) is 5.50. The predicted octanol–water partition coefficient (Wildman–Crippen LogP) is 3.63. The normalized spacial score (nSPS) is 20.5. The summed E-state index contributed by atoms with van der Waals surface area (Å²) in [5.74, 6) is 7.57. The summed E-state index contributed by atoms with van der Waals surface area (Å²) >= 11 is 0. The number of nitrogens with zero attached hydrogens (tertiary/aromatic N) is 1. The molecule has 1 aliphatic carbocycles. The number of amidine groups is 1. The zero-order valence-electron chi connectivity index (χ0n) is 11.9. The quantitative estimate of drug-likeness (QED) is 0.700. The third-order valence-electron chi connectivity index (χ3n) is 4.42. The van der Waals surface area contributed by atoms with Crippen molar-refractivity contribution in [1.82, 2.24) is 0 Å². The number of anilines is 1. The van der Waals surface area contributed by atoms with Gasteiger partial charge in [-0.2, -0.15) is 0 Å². The van der Waals surface area contributed by atoms with Crippen LogP contribution in [-0.4, -0.2) is 12.9 Å². The Morgan fingerprint density at radius 3 is 2.74 bits per heavy atom. The highest BCUT2D eigenvalue weighted by atomic mass is 15.1. The number of aliphatic imine (C=N–C) groups is 1. The molecule has 0 saturated heterocycles. The Balaban J connectivity index is 2.11. The fourth-order valence-electron chi connectivity index (χ4n) is 3.21. The predicted molar refractivity (Wildman–Crippen MR) is 80.9 cm³/mol. The Labute approximate surface area is 115 Å². The van der Waals surface area contributed by atoms with Gasteiger partial charge in [-0.25, -0.2) is 0 Å². The summed E-state index contributed by atoms with van der Waals surface area (Å²) in [6.45, 7) is 4.24. The number of rotatable bonds is 0. The first kappa shape index (κ1) is 12.3. The summed E-state index contributed by atoms with van der Waals surface area (Å²) < 4.78 is 0. The van der Waals surface area contributed by atoms with Crippen LogP contribution in [0.5, 0.6) is 0 Å². The van der Waals surface area contributed by atoms with Crippen LogP contribution in [-0.2, 0) is 5.41 Å². The number of benzene rings is 1. The topological polar surface area (TPSA) is 24.4 Å². The zero-order valence-corrected chi connectivity index (χ0v) is 11.9. The van der Waals surface area contributed by atoms with E-state index < -0.39 is 0 Å². The SMILES string of the molecule is CCC#Cc1cc2c(cc1C)C1(CCC1)C(=NC)N2. The third-order valence-corrected chi connectivity index (χ3v) is 4.42. The maximum absolute atomic E-state index is 4.47. The molecule has 0 atom stereocenters. The molecule has 2 nitrogen and oxygen atoms in total. The van der Waals surface area contributed by atoms with Gasteiger partial charge in [-0.15, -0.1) is 0 Å². The van der Waals surface area contributed by atoms with Crippen LogP contribution >= 0.6 is 0 Å². The first-order chi connectivity index (χ1) is 9.21. The molecular formula is C17H20N2. The van der Waals surface area contributed by atoms with Crippen LogP contribution in [0.3, 0.4) is 0 Å². The van der Waals surface area contributed by atoms with E-state index in [1.807, 2.05) is 7.05 Å². The van der Waals surface area contributed by atoms with Crippen molar-refractivity contribution in [2.45, 2.75) is 44.9 Å². The summed E-state index contributed by atoms with van der Waals surface area (Å²) in [7, 11) is 1.89. The Morgan fingerprint density at radius 2 is 2.16 bits per heavy atom. The van der Waals surface area contributed by atoms with Gasteiger partial charge in [0.1, 0.15) is 5.84 Å². The first-order valence-electron chi connectivity index (χ1n) is 7.09. The molecule has 1 fully saturated rings. The van der Waals surface area contributed by atoms with E-state index >= 15 is 0 Å². The molecule has 1 spiro atoms. The van der Waals surface area contributed by atoms with E-state index in [2.05, 4.69) is 48.1 Å². The minimum atomic E-state index is 0.186. The van der Waals surface area contributed by atoms with Crippen molar-refractivity contribution in [3.8, 4) is 11.8 Å². The van der Waals surface area contributed by atoms with Crippen LogP contribution < -0.4 is 5.32 Å². The molecule has 1 aromatic rings. The lowest BCUT2D eigenvalue weighted by molar-refractivity contribution is 0.347. The van der Waals surface area contributed by atoms with Crippen LogP contribution in [0.1, 0.15) is 49.3 Å². The molecule has 1 aliphatic heterocycles. The van der Waals surface area contributed by atoms with E-state index in [9.17, 15) is 0 Å². The molecular weight excluding hydrogens is 232 g/mol. The summed E-state index contributed by atoms with van der Waals surface area (Å²) in [5, 5.41) is 3.50. The number of hydrogen-bond acceptors (Lipinski definition) is 1. The van der Waals surface area contributed by atoms with Crippen LogP contribution in [0, 0.1) is 18.8 Å². The zero-order chi connectivity index (χ0) is 13.5. The number of aryl methyl sites for hydroxylation is 1. The fourth-order valence-corrected chi connectivity index (χ4v) is 3.21. The molecule has 0 bridgehead atoms. The summed E-state index contributed by atoms with van der Waals surface area (Å²) in [6.07, 6.45) is 4.64. The maximum Gasteiger partial charge on any atom is 0.111 e. The number of hydrogen-bond donors (Lipinski definition) is 1. The van der Waals surface area contributed by atoms with Crippen molar-refractivity contribution >= 4 is 11.5 Å².